The summed E-state index contributed by atoms with van der Waals surface area (Å²) in [6.45, 7) is 2.73. The summed E-state index contributed by atoms with van der Waals surface area (Å²) in [7, 11) is 1.87. The van der Waals surface area contributed by atoms with Gasteiger partial charge in [-0.2, -0.15) is 0 Å². The number of carbonyl (C=O) groups excluding carboxylic acids is 1. The van der Waals surface area contributed by atoms with Crippen LogP contribution in [-0.4, -0.2) is 32.7 Å². The molecule has 0 saturated carbocycles. The summed E-state index contributed by atoms with van der Waals surface area (Å²) in [5.41, 5.74) is 2.17. The molecule has 3 rings (SSSR count). The van der Waals surface area contributed by atoms with Crippen LogP contribution in [0.15, 0.2) is 18.2 Å². The minimum Gasteiger partial charge on any atom is -0.493 e. The van der Waals surface area contributed by atoms with Crippen molar-refractivity contribution in [1.82, 2.24) is 5.32 Å². The molecule has 4 heteroatoms. The minimum absolute atomic E-state index is 0.203. The predicted molar refractivity (Wildman–Crippen MR) is 74.6 cm³/mol. The number of fused-ring (bicyclic) bond motifs is 1. The molecule has 2 heterocycles. The molecule has 0 bridgehead atoms. The van der Waals surface area contributed by atoms with Crippen LogP contribution in [0.5, 0.6) is 5.75 Å². The first-order valence-electron chi connectivity index (χ1n) is 6.97. The summed E-state index contributed by atoms with van der Waals surface area (Å²) in [6.07, 6.45) is 2.64. The lowest BCUT2D eigenvalue weighted by Gasteiger charge is -2.21. The first kappa shape index (κ1) is 12.5. The minimum atomic E-state index is 0.203. The van der Waals surface area contributed by atoms with E-state index in [0.717, 1.165) is 44.0 Å². The third-order valence-corrected chi connectivity index (χ3v) is 4.08. The van der Waals surface area contributed by atoms with Crippen LogP contribution in [0.3, 0.4) is 0 Å². The Bertz CT molecular complexity index is 481. The average Bonchev–Trinajstić information content (AvgIpc) is 3.07. The van der Waals surface area contributed by atoms with Crippen LogP contribution in [0, 0.1) is 5.92 Å². The van der Waals surface area contributed by atoms with Gasteiger partial charge >= 0.3 is 0 Å². The summed E-state index contributed by atoms with van der Waals surface area (Å²) in [5, 5.41) is 3.31. The molecule has 19 heavy (non-hydrogen) atoms. The molecule has 0 radical (unpaired) electrons. The van der Waals surface area contributed by atoms with E-state index < -0.39 is 0 Å². The zero-order valence-electron chi connectivity index (χ0n) is 11.3. The Morgan fingerprint density at radius 3 is 3.21 bits per heavy atom. The van der Waals surface area contributed by atoms with Gasteiger partial charge in [0, 0.05) is 25.5 Å². The van der Waals surface area contributed by atoms with Crippen LogP contribution in [0.4, 0.5) is 5.69 Å². The van der Waals surface area contributed by atoms with Crippen molar-refractivity contribution in [1.29, 1.82) is 0 Å². The maximum absolute atomic E-state index is 12.4. The maximum atomic E-state index is 12.4. The third-order valence-electron chi connectivity index (χ3n) is 4.08. The van der Waals surface area contributed by atoms with Crippen LogP contribution in [0.1, 0.15) is 18.4 Å². The van der Waals surface area contributed by atoms with E-state index in [-0.39, 0.29) is 5.91 Å². The monoisotopic (exact) mass is 260 g/mol. The van der Waals surface area contributed by atoms with E-state index >= 15 is 0 Å². The predicted octanol–water partition coefficient (Wildman–Crippen LogP) is 1.58. The number of hydrogen-bond acceptors (Lipinski definition) is 3. The van der Waals surface area contributed by atoms with Crippen molar-refractivity contribution in [2.24, 2.45) is 5.92 Å². The van der Waals surface area contributed by atoms with Gasteiger partial charge in [0.15, 0.2) is 0 Å². The Labute approximate surface area is 113 Å². The molecule has 2 aliphatic rings. The molecular formula is C15H20N2O2. The Hall–Kier alpha value is -1.55. The lowest BCUT2D eigenvalue weighted by Crippen LogP contribution is -2.29. The molecule has 4 nitrogen and oxygen atoms in total. The van der Waals surface area contributed by atoms with E-state index in [1.807, 2.05) is 25.2 Å². The number of anilines is 1. The Kier molecular flexibility index (Phi) is 3.42. The van der Waals surface area contributed by atoms with Crippen LogP contribution in [0.2, 0.25) is 0 Å². The molecule has 1 N–H and O–H groups in total. The lowest BCUT2D eigenvalue weighted by atomic mass is 10.0. The van der Waals surface area contributed by atoms with E-state index in [9.17, 15) is 4.79 Å². The number of nitrogens with zero attached hydrogens (tertiary/aromatic N) is 1. The second-order valence-corrected chi connectivity index (χ2v) is 5.37. The van der Waals surface area contributed by atoms with Crippen LogP contribution < -0.4 is 15.0 Å². The number of ether oxygens (including phenoxy) is 1. The van der Waals surface area contributed by atoms with Gasteiger partial charge in [0.05, 0.1) is 12.3 Å². The molecule has 1 aromatic rings. The van der Waals surface area contributed by atoms with E-state index in [2.05, 4.69) is 5.32 Å². The highest BCUT2D eigenvalue weighted by atomic mass is 16.5. The maximum Gasteiger partial charge on any atom is 0.227 e. The molecule has 1 aromatic carbocycles. The molecule has 0 aliphatic carbocycles. The summed E-state index contributed by atoms with van der Waals surface area (Å²) in [5.74, 6) is 1.62. The normalized spacial score (nSPS) is 21.0. The van der Waals surface area contributed by atoms with Gasteiger partial charge in [-0.1, -0.05) is 6.07 Å². The molecule has 1 unspecified atom stereocenters. The highest BCUT2D eigenvalue weighted by Gasteiger charge is 2.24. The summed E-state index contributed by atoms with van der Waals surface area (Å²) in [6, 6.07) is 5.95. The van der Waals surface area contributed by atoms with Crippen LogP contribution in [0.25, 0.3) is 0 Å². The second-order valence-electron chi connectivity index (χ2n) is 5.37. The van der Waals surface area contributed by atoms with Crippen molar-refractivity contribution >= 4 is 11.6 Å². The fraction of sp³-hybridized carbons (Fsp3) is 0.533. The van der Waals surface area contributed by atoms with Gasteiger partial charge in [0.2, 0.25) is 5.91 Å². The van der Waals surface area contributed by atoms with E-state index in [1.54, 1.807) is 4.90 Å². The fourth-order valence-corrected chi connectivity index (χ4v) is 2.92. The van der Waals surface area contributed by atoms with E-state index in [0.29, 0.717) is 12.3 Å². The van der Waals surface area contributed by atoms with Crippen molar-refractivity contribution in [3.05, 3.63) is 23.8 Å². The number of hydrogen-bond donors (Lipinski definition) is 1. The first-order valence-corrected chi connectivity index (χ1v) is 6.97. The largest absolute Gasteiger partial charge is 0.493 e. The van der Waals surface area contributed by atoms with Crippen molar-refractivity contribution < 1.29 is 9.53 Å². The van der Waals surface area contributed by atoms with Gasteiger partial charge in [-0.05, 0) is 37.6 Å². The van der Waals surface area contributed by atoms with Crippen molar-refractivity contribution in [2.75, 3.05) is 31.6 Å². The molecule has 0 spiro atoms. The Morgan fingerprint density at radius 2 is 2.42 bits per heavy atom. The number of nitrogens with one attached hydrogen (secondary N) is 1. The molecule has 102 valence electrons. The number of carbonyl (C=O) groups is 1. The lowest BCUT2D eigenvalue weighted by molar-refractivity contribution is -0.119. The zero-order valence-corrected chi connectivity index (χ0v) is 11.3. The number of amides is 1. The zero-order chi connectivity index (χ0) is 13.2. The van der Waals surface area contributed by atoms with E-state index in [1.165, 1.54) is 5.56 Å². The van der Waals surface area contributed by atoms with Crippen LogP contribution >= 0.6 is 0 Å². The molecule has 2 aliphatic heterocycles. The molecular weight excluding hydrogens is 240 g/mol. The fourth-order valence-electron chi connectivity index (χ4n) is 2.92. The van der Waals surface area contributed by atoms with Gasteiger partial charge < -0.3 is 15.0 Å². The Morgan fingerprint density at radius 1 is 1.53 bits per heavy atom. The van der Waals surface area contributed by atoms with Crippen molar-refractivity contribution in [3.8, 4) is 5.75 Å². The summed E-state index contributed by atoms with van der Waals surface area (Å²) >= 11 is 0. The summed E-state index contributed by atoms with van der Waals surface area (Å²) < 4.78 is 5.55. The number of benzene rings is 1. The van der Waals surface area contributed by atoms with Gasteiger partial charge in [0.1, 0.15) is 5.75 Å². The van der Waals surface area contributed by atoms with Crippen LogP contribution in [-0.2, 0) is 11.2 Å². The smallest absolute Gasteiger partial charge is 0.227 e. The van der Waals surface area contributed by atoms with E-state index in [4.69, 9.17) is 4.74 Å². The quantitative estimate of drug-likeness (QED) is 0.897. The Balaban J connectivity index is 1.74. The molecule has 1 atom stereocenters. The third kappa shape index (κ3) is 2.45. The molecule has 1 fully saturated rings. The molecule has 1 saturated heterocycles. The highest BCUT2D eigenvalue weighted by molar-refractivity contribution is 5.94. The highest BCUT2D eigenvalue weighted by Crippen LogP contribution is 2.33. The average molecular weight is 260 g/mol. The summed E-state index contributed by atoms with van der Waals surface area (Å²) in [4.78, 5) is 14.2. The molecule has 0 aromatic heterocycles. The second kappa shape index (κ2) is 5.21. The number of rotatable bonds is 3. The van der Waals surface area contributed by atoms with Gasteiger partial charge in [-0.3, -0.25) is 4.79 Å². The molecule has 1 amide bonds. The first-order chi connectivity index (χ1) is 9.25. The van der Waals surface area contributed by atoms with Gasteiger partial charge in [0.25, 0.3) is 0 Å². The topological polar surface area (TPSA) is 41.6 Å². The van der Waals surface area contributed by atoms with Gasteiger partial charge in [-0.15, -0.1) is 0 Å². The SMILES string of the molecule is CN(C(=O)CC1CCNC1)c1cccc2c1CCO2. The standard InChI is InChI=1S/C15H20N2O2/c1-17(15(18)9-11-5-7-16-10-11)13-3-2-4-14-12(13)6-8-19-14/h2-4,11,16H,5-10H2,1H3. The van der Waals surface area contributed by atoms with Gasteiger partial charge in [-0.25, -0.2) is 0 Å². The van der Waals surface area contributed by atoms with Crippen molar-refractivity contribution in [2.45, 2.75) is 19.3 Å². The van der Waals surface area contributed by atoms with Crippen molar-refractivity contribution in [3.63, 3.8) is 0 Å².